The minimum atomic E-state index is -4.72. The lowest BCUT2D eigenvalue weighted by Crippen LogP contribution is -2.15. The second kappa shape index (κ2) is 6.33. The molecule has 2 aromatic rings. The van der Waals surface area contributed by atoms with Crippen molar-refractivity contribution in [1.29, 1.82) is 0 Å². The van der Waals surface area contributed by atoms with Gasteiger partial charge in [-0.05, 0) is 42.5 Å². The van der Waals surface area contributed by atoms with Gasteiger partial charge in [0, 0.05) is 5.69 Å². The molecule has 0 aliphatic heterocycles. The summed E-state index contributed by atoms with van der Waals surface area (Å²) in [5.41, 5.74) is -1.25. The molecule has 128 valence electrons. The molecule has 0 saturated carbocycles. The van der Waals surface area contributed by atoms with Crippen molar-refractivity contribution >= 4 is 33.3 Å². The number of hydrogen-bond donors (Lipinski definition) is 2. The molecule has 0 aliphatic carbocycles. The first-order chi connectivity index (χ1) is 11.0. The number of aromatic carboxylic acids is 1. The summed E-state index contributed by atoms with van der Waals surface area (Å²) in [5.74, 6) is -1.20. The summed E-state index contributed by atoms with van der Waals surface area (Å²) in [6, 6.07) is 6.57. The Morgan fingerprint density at radius 2 is 1.67 bits per heavy atom. The molecule has 2 rings (SSSR count). The molecule has 10 heteroatoms. The highest BCUT2D eigenvalue weighted by Crippen LogP contribution is 2.33. The Morgan fingerprint density at radius 1 is 1.08 bits per heavy atom. The summed E-state index contributed by atoms with van der Waals surface area (Å²) in [4.78, 5) is 10.00. The van der Waals surface area contributed by atoms with Crippen LogP contribution in [0.1, 0.15) is 15.9 Å². The van der Waals surface area contributed by atoms with Gasteiger partial charge in [-0.25, -0.2) is 13.2 Å². The molecule has 0 fully saturated rings. The quantitative estimate of drug-likeness (QED) is 0.845. The molecule has 0 aliphatic rings. The molecule has 0 spiro atoms. The van der Waals surface area contributed by atoms with Gasteiger partial charge in [0.25, 0.3) is 10.0 Å². The van der Waals surface area contributed by atoms with Crippen LogP contribution >= 0.6 is 11.6 Å². The normalized spacial score (nSPS) is 12.0. The molecular formula is C14H9ClF3NO4S. The van der Waals surface area contributed by atoms with Crippen molar-refractivity contribution in [2.75, 3.05) is 4.72 Å². The minimum absolute atomic E-state index is 0.0199. The molecule has 0 saturated heterocycles. The van der Waals surface area contributed by atoms with E-state index in [1.807, 2.05) is 4.72 Å². The third-order valence-electron chi connectivity index (χ3n) is 2.93. The molecule has 24 heavy (non-hydrogen) atoms. The van der Waals surface area contributed by atoms with E-state index in [2.05, 4.69) is 0 Å². The second-order valence-corrected chi connectivity index (χ2v) is 6.69. The van der Waals surface area contributed by atoms with Crippen LogP contribution < -0.4 is 4.72 Å². The highest BCUT2D eigenvalue weighted by Gasteiger charge is 2.32. The van der Waals surface area contributed by atoms with Crippen LogP contribution in [0.4, 0.5) is 18.9 Å². The number of carbonyl (C=O) groups is 1. The smallest absolute Gasteiger partial charge is 0.416 e. The summed E-state index contributed by atoms with van der Waals surface area (Å²) in [6.07, 6.45) is -4.72. The van der Waals surface area contributed by atoms with Gasteiger partial charge in [0.15, 0.2) is 0 Å². The summed E-state index contributed by atoms with van der Waals surface area (Å²) in [5, 5.41) is 8.39. The maximum absolute atomic E-state index is 12.7. The van der Waals surface area contributed by atoms with Gasteiger partial charge in [-0.3, -0.25) is 4.72 Å². The van der Waals surface area contributed by atoms with Crippen molar-refractivity contribution in [2.24, 2.45) is 0 Å². The second-order valence-electron chi connectivity index (χ2n) is 4.63. The average Bonchev–Trinajstić information content (AvgIpc) is 2.46. The monoisotopic (exact) mass is 379 g/mol. The molecule has 0 aromatic heterocycles. The standard InChI is InChI=1S/C14H9ClF3NO4S/c15-11-6-3-9(14(16,17)18)7-12(11)24(22,23)19-10-4-1-8(2-5-10)13(20)21/h1-7,19H,(H,20,21). The highest BCUT2D eigenvalue weighted by molar-refractivity contribution is 7.92. The fourth-order valence-corrected chi connectivity index (χ4v) is 3.36. The first-order valence-electron chi connectivity index (χ1n) is 6.23. The lowest BCUT2D eigenvalue weighted by molar-refractivity contribution is -0.137. The van der Waals surface area contributed by atoms with E-state index in [-0.39, 0.29) is 16.3 Å². The van der Waals surface area contributed by atoms with Gasteiger partial charge in [-0.15, -0.1) is 0 Å². The third-order valence-corrected chi connectivity index (χ3v) is 4.79. The van der Waals surface area contributed by atoms with Crippen molar-refractivity contribution in [3.05, 3.63) is 58.6 Å². The van der Waals surface area contributed by atoms with Crippen LogP contribution in [0.5, 0.6) is 0 Å². The SMILES string of the molecule is O=C(O)c1ccc(NS(=O)(=O)c2cc(C(F)(F)F)ccc2Cl)cc1. The molecule has 0 heterocycles. The summed E-state index contributed by atoms with van der Waals surface area (Å²) >= 11 is 5.70. The van der Waals surface area contributed by atoms with Crippen molar-refractivity contribution < 1.29 is 31.5 Å². The number of hydrogen-bond acceptors (Lipinski definition) is 3. The van der Waals surface area contributed by atoms with E-state index in [0.717, 1.165) is 18.2 Å². The Hall–Kier alpha value is -2.26. The van der Waals surface area contributed by atoms with Crippen LogP contribution in [-0.4, -0.2) is 19.5 Å². The maximum Gasteiger partial charge on any atom is 0.416 e. The number of alkyl halides is 3. The lowest BCUT2D eigenvalue weighted by Gasteiger charge is -2.12. The summed E-state index contributed by atoms with van der Waals surface area (Å²) < 4.78 is 64.7. The van der Waals surface area contributed by atoms with Crippen LogP contribution in [0.2, 0.25) is 5.02 Å². The lowest BCUT2D eigenvalue weighted by atomic mass is 10.2. The van der Waals surface area contributed by atoms with Crippen molar-refractivity contribution in [2.45, 2.75) is 11.1 Å². The zero-order valence-corrected chi connectivity index (χ0v) is 13.2. The predicted octanol–water partition coefficient (Wildman–Crippen LogP) is 3.86. The topological polar surface area (TPSA) is 83.5 Å². The molecule has 2 aromatic carbocycles. The highest BCUT2D eigenvalue weighted by atomic mass is 35.5. The van der Waals surface area contributed by atoms with E-state index >= 15 is 0 Å². The minimum Gasteiger partial charge on any atom is -0.478 e. The van der Waals surface area contributed by atoms with E-state index in [4.69, 9.17) is 16.7 Å². The van der Waals surface area contributed by atoms with Gasteiger partial charge < -0.3 is 5.11 Å². The first kappa shape index (κ1) is 18.1. The third kappa shape index (κ3) is 3.98. The van der Waals surface area contributed by atoms with E-state index in [0.29, 0.717) is 12.1 Å². The largest absolute Gasteiger partial charge is 0.478 e. The van der Waals surface area contributed by atoms with Crippen molar-refractivity contribution in [3.8, 4) is 0 Å². The Kier molecular flexibility index (Phi) is 4.77. The number of benzene rings is 2. The first-order valence-corrected chi connectivity index (χ1v) is 8.10. The molecule has 0 atom stereocenters. The predicted molar refractivity (Wildman–Crippen MR) is 80.7 cm³/mol. The fourth-order valence-electron chi connectivity index (χ4n) is 1.78. The number of rotatable bonds is 4. The van der Waals surface area contributed by atoms with Gasteiger partial charge in [-0.2, -0.15) is 13.2 Å². The molecule has 0 unspecified atom stereocenters. The van der Waals surface area contributed by atoms with E-state index in [1.165, 1.54) is 12.1 Å². The number of halogens is 4. The molecular weight excluding hydrogens is 371 g/mol. The maximum atomic E-state index is 12.7. The summed E-state index contributed by atoms with van der Waals surface area (Å²) in [6.45, 7) is 0. The molecule has 0 radical (unpaired) electrons. The van der Waals surface area contributed by atoms with Crippen molar-refractivity contribution in [3.63, 3.8) is 0 Å². The van der Waals surface area contributed by atoms with E-state index in [9.17, 15) is 26.4 Å². The van der Waals surface area contributed by atoms with Gasteiger partial charge in [0.1, 0.15) is 4.90 Å². The Labute approximate surface area is 139 Å². The van der Waals surface area contributed by atoms with Gasteiger partial charge >= 0.3 is 12.1 Å². The number of anilines is 1. The van der Waals surface area contributed by atoms with E-state index in [1.54, 1.807) is 0 Å². The van der Waals surface area contributed by atoms with Crippen LogP contribution in [0.3, 0.4) is 0 Å². The zero-order valence-electron chi connectivity index (χ0n) is 11.6. The van der Waals surface area contributed by atoms with Crippen molar-refractivity contribution in [1.82, 2.24) is 0 Å². The molecule has 0 bridgehead atoms. The Balaban J connectivity index is 2.38. The average molecular weight is 380 g/mol. The molecule has 5 nitrogen and oxygen atoms in total. The van der Waals surface area contributed by atoms with Crippen LogP contribution in [0, 0.1) is 0 Å². The molecule has 0 amide bonds. The Morgan fingerprint density at radius 3 is 2.17 bits per heavy atom. The summed E-state index contributed by atoms with van der Waals surface area (Å²) in [7, 11) is -4.39. The van der Waals surface area contributed by atoms with Crippen LogP contribution in [-0.2, 0) is 16.2 Å². The number of carboxylic acid groups (broad SMARTS) is 1. The van der Waals surface area contributed by atoms with Gasteiger partial charge in [0.05, 0.1) is 16.1 Å². The number of nitrogens with one attached hydrogen (secondary N) is 1. The van der Waals surface area contributed by atoms with Gasteiger partial charge in [0.2, 0.25) is 0 Å². The van der Waals surface area contributed by atoms with Gasteiger partial charge in [-0.1, -0.05) is 11.6 Å². The van der Waals surface area contributed by atoms with Crippen LogP contribution in [0.15, 0.2) is 47.4 Å². The van der Waals surface area contributed by atoms with Crippen LogP contribution in [0.25, 0.3) is 0 Å². The zero-order chi connectivity index (χ0) is 18.1. The van der Waals surface area contributed by atoms with E-state index < -0.39 is 32.6 Å². The number of carboxylic acids is 1. The number of sulfonamides is 1. The fraction of sp³-hybridized carbons (Fsp3) is 0.0714. The Bertz CT molecular complexity index is 880. The molecule has 2 N–H and O–H groups in total.